The van der Waals surface area contributed by atoms with E-state index in [-0.39, 0.29) is 11.8 Å². The molecule has 4 atom stereocenters. The standard InChI is InChI=1S/C24H34O2.C2H6/c1-18(12-14-21-10-5-4-6-11-21)8-7-9-19(2)13-15-22-20(3)23(25)16-17-24(22)26;1-2/h4-6,8,10-11,13,16-17,20,22-26H,7,9,12,14-15H2,1-3H3;1-2H3/b18-8+,19-13+;. The highest BCUT2D eigenvalue weighted by atomic mass is 16.3. The second-order valence-corrected chi connectivity index (χ2v) is 7.75. The molecule has 4 unspecified atom stereocenters. The minimum atomic E-state index is -0.447. The first-order chi connectivity index (χ1) is 13.5. The van der Waals surface area contributed by atoms with Crippen LogP contribution in [-0.4, -0.2) is 22.4 Å². The molecule has 1 aliphatic carbocycles. The Hall–Kier alpha value is -1.64. The third kappa shape index (κ3) is 8.58. The van der Waals surface area contributed by atoms with Gasteiger partial charge in [-0.25, -0.2) is 0 Å². The molecule has 1 aromatic rings. The highest BCUT2D eigenvalue weighted by Crippen LogP contribution is 2.29. The van der Waals surface area contributed by atoms with Gasteiger partial charge in [0.1, 0.15) is 0 Å². The van der Waals surface area contributed by atoms with Gasteiger partial charge in [0.15, 0.2) is 0 Å². The van der Waals surface area contributed by atoms with E-state index in [0.29, 0.717) is 0 Å². The zero-order chi connectivity index (χ0) is 20.9. The molecule has 1 aliphatic rings. The fourth-order valence-corrected chi connectivity index (χ4v) is 3.54. The van der Waals surface area contributed by atoms with Gasteiger partial charge >= 0.3 is 0 Å². The van der Waals surface area contributed by atoms with Gasteiger partial charge in [0.05, 0.1) is 12.2 Å². The third-order valence-electron chi connectivity index (χ3n) is 5.58. The van der Waals surface area contributed by atoms with Crippen LogP contribution in [-0.2, 0) is 6.42 Å². The SMILES string of the molecule is C/C(=C\CC1C(O)C=CC(O)C1C)CC/C=C(\C)CCc1ccccc1.CC. The lowest BCUT2D eigenvalue weighted by Gasteiger charge is -2.32. The Morgan fingerprint density at radius 1 is 0.893 bits per heavy atom. The monoisotopic (exact) mass is 384 g/mol. The van der Waals surface area contributed by atoms with Gasteiger partial charge in [-0.15, -0.1) is 0 Å². The Kier molecular flexibility index (Phi) is 11.8. The molecular weight excluding hydrogens is 344 g/mol. The lowest BCUT2D eigenvalue weighted by molar-refractivity contribution is 0.0432. The van der Waals surface area contributed by atoms with E-state index in [2.05, 4.69) is 56.3 Å². The van der Waals surface area contributed by atoms with E-state index in [0.717, 1.165) is 32.1 Å². The lowest BCUT2D eigenvalue weighted by Crippen LogP contribution is -2.35. The Labute approximate surface area is 172 Å². The van der Waals surface area contributed by atoms with E-state index < -0.39 is 12.2 Å². The molecule has 156 valence electrons. The van der Waals surface area contributed by atoms with Crippen molar-refractivity contribution in [1.29, 1.82) is 0 Å². The van der Waals surface area contributed by atoms with Gasteiger partial charge in [-0.1, -0.05) is 86.6 Å². The van der Waals surface area contributed by atoms with Crippen molar-refractivity contribution in [3.05, 3.63) is 71.3 Å². The summed E-state index contributed by atoms with van der Waals surface area (Å²) in [4.78, 5) is 0. The van der Waals surface area contributed by atoms with Crippen LogP contribution >= 0.6 is 0 Å². The van der Waals surface area contributed by atoms with Crippen molar-refractivity contribution >= 4 is 0 Å². The summed E-state index contributed by atoms with van der Waals surface area (Å²) in [5.74, 6) is 0.201. The van der Waals surface area contributed by atoms with Gasteiger partial charge in [0, 0.05) is 0 Å². The first-order valence-electron chi connectivity index (χ1n) is 10.9. The van der Waals surface area contributed by atoms with E-state index in [9.17, 15) is 10.2 Å². The fraction of sp³-hybridized carbons (Fsp3) is 0.538. The maximum Gasteiger partial charge on any atom is 0.0756 e. The van der Waals surface area contributed by atoms with Crippen LogP contribution in [0.25, 0.3) is 0 Å². The number of rotatable bonds is 8. The van der Waals surface area contributed by atoms with Crippen molar-refractivity contribution in [2.45, 2.75) is 78.9 Å². The smallest absolute Gasteiger partial charge is 0.0756 e. The highest BCUT2D eigenvalue weighted by Gasteiger charge is 2.30. The molecule has 0 heterocycles. The van der Waals surface area contributed by atoms with E-state index in [1.807, 2.05) is 20.8 Å². The molecule has 0 radical (unpaired) electrons. The highest BCUT2D eigenvalue weighted by molar-refractivity contribution is 5.16. The van der Waals surface area contributed by atoms with Crippen LogP contribution in [0.4, 0.5) is 0 Å². The number of benzene rings is 1. The average Bonchev–Trinajstić information content (AvgIpc) is 2.71. The Balaban J connectivity index is 0.00000190. The molecule has 2 N–H and O–H groups in total. The number of aryl methyl sites for hydroxylation is 1. The van der Waals surface area contributed by atoms with Crippen LogP contribution < -0.4 is 0 Å². The van der Waals surface area contributed by atoms with Crippen molar-refractivity contribution in [3.8, 4) is 0 Å². The summed E-state index contributed by atoms with van der Waals surface area (Å²) in [6.07, 6.45) is 12.3. The first kappa shape index (κ1) is 24.4. The molecule has 0 saturated carbocycles. The van der Waals surface area contributed by atoms with Gasteiger partial charge in [-0.3, -0.25) is 0 Å². The molecule has 0 amide bonds. The van der Waals surface area contributed by atoms with Gasteiger partial charge in [-0.2, -0.15) is 0 Å². The van der Waals surface area contributed by atoms with Crippen LogP contribution in [0.5, 0.6) is 0 Å². The van der Waals surface area contributed by atoms with Crippen molar-refractivity contribution in [2.24, 2.45) is 11.8 Å². The number of allylic oxidation sites excluding steroid dienone is 4. The first-order valence-corrected chi connectivity index (χ1v) is 10.9. The minimum Gasteiger partial charge on any atom is -0.389 e. The van der Waals surface area contributed by atoms with Crippen LogP contribution in [0.1, 0.15) is 65.9 Å². The summed E-state index contributed by atoms with van der Waals surface area (Å²) >= 11 is 0. The van der Waals surface area contributed by atoms with Gasteiger partial charge in [0.2, 0.25) is 0 Å². The molecule has 0 spiro atoms. The summed E-state index contributed by atoms with van der Waals surface area (Å²) in [5.41, 5.74) is 4.21. The summed E-state index contributed by atoms with van der Waals surface area (Å²) in [7, 11) is 0. The molecule has 2 nitrogen and oxygen atoms in total. The third-order valence-corrected chi connectivity index (χ3v) is 5.58. The average molecular weight is 385 g/mol. The lowest BCUT2D eigenvalue weighted by atomic mass is 9.78. The molecular formula is C26H40O2. The second kappa shape index (κ2) is 13.5. The predicted molar refractivity (Wildman–Crippen MR) is 121 cm³/mol. The summed E-state index contributed by atoms with van der Waals surface area (Å²) in [6, 6.07) is 10.6. The second-order valence-electron chi connectivity index (χ2n) is 7.75. The van der Waals surface area contributed by atoms with Crippen molar-refractivity contribution < 1.29 is 10.2 Å². The molecule has 0 bridgehead atoms. The number of aliphatic hydroxyl groups is 2. The van der Waals surface area contributed by atoms with Crippen molar-refractivity contribution in [1.82, 2.24) is 0 Å². The van der Waals surface area contributed by atoms with Gasteiger partial charge in [0.25, 0.3) is 0 Å². The number of hydrogen-bond donors (Lipinski definition) is 2. The molecule has 0 aliphatic heterocycles. The molecule has 28 heavy (non-hydrogen) atoms. The summed E-state index contributed by atoms with van der Waals surface area (Å²) in [5, 5.41) is 20.1. The topological polar surface area (TPSA) is 40.5 Å². The molecule has 2 rings (SSSR count). The van der Waals surface area contributed by atoms with E-state index >= 15 is 0 Å². The Morgan fingerprint density at radius 2 is 1.50 bits per heavy atom. The summed E-state index contributed by atoms with van der Waals surface area (Å²) < 4.78 is 0. The van der Waals surface area contributed by atoms with Gasteiger partial charge in [-0.05, 0) is 63.4 Å². The Morgan fingerprint density at radius 3 is 2.18 bits per heavy atom. The Bertz CT molecular complexity index is 627. The maximum atomic E-state index is 10.1. The molecule has 0 fully saturated rings. The van der Waals surface area contributed by atoms with Crippen LogP contribution in [0, 0.1) is 11.8 Å². The van der Waals surface area contributed by atoms with Crippen LogP contribution in [0.2, 0.25) is 0 Å². The van der Waals surface area contributed by atoms with Crippen LogP contribution in [0.3, 0.4) is 0 Å². The normalized spacial score (nSPS) is 25.2. The molecule has 0 saturated heterocycles. The molecule has 1 aromatic carbocycles. The van der Waals surface area contributed by atoms with Crippen LogP contribution in [0.15, 0.2) is 65.8 Å². The van der Waals surface area contributed by atoms with Crippen molar-refractivity contribution in [2.75, 3.05) is 0 Å². The fourth-order valence-electron chi connectivity index (χ4n) is 3.54. The van der Waals surface area contributed by atoms with E-state index in [1.165, 1.54) is 16.7 Å². The van der Waals surface area contributed by atoms with E-state index in [1.54, 1.807) is 12.2 Å². The zero-order valence-corrected chi connectivity index (χ0v) is 18.4. The number of aliphatic hydroxyl groups excluding tert-OH is 2. The van der Waals surface area contributed by atoms with Crippen molar-refractivity contribution in [3.63, 3.8) is 0 Å². The number of hydrogen-bond acceptors (Lipinski definition) is 2. The quantitative estimate of drug-likeness (QED) is 0.520. The zero-order valence-electron chi connectivity index (χ0n) is 18.4. The maximum absolute atomic E-state index is 10.1. The minimum absolute atomic E-state index is 0.0965. The van der Waals surface area contributed by atoms with E-state index in [4.69, 9.17) is 0 Å². The van der Waals surface area contributed by atoms with Gasteiger partial charge < -0.3 is 10.2 Å². The largest absolute Gasteiger partial charge is 0.389 e. The molecule has 0 aromatic heterocycles. The summed E-state index contributed by atoms with van der Waals surface area (Å²) in [6.45, 7) is 10.4. The molecule has 2 heteroatoms. The predicted octanol–water partition coefficient (Wildman–Crippen LogP) is 6.25.